The first-order valence-corrected chi connectivity index (χ1v) is 9.80. The third-order valence-corrected chi connectivity index (χ3v) is 6.16. The van der Waals surface area contributed by atoms with Crippen molar-refractivity contribution in [2.24, 2.45) is 5.92 Å². The Morgan fingerprint density at radius 1 is 0.815 bits per heavy atom. The Morgan fingerprint density at radius 2 is 1.30 bits per heavy atom. The fraction of sp³-hybridized carbons (Fsp3) is 0.435. The van der Waals surface area contributed by atoms with E-state index >= 15 is 0 Å². The van der Waals surface area contributed by atoms with Gasteiger partial charge in [0.2, 0.25) is 0 Å². The number of aliphatic carboxylic acids is 1. The van der Waals surface area contributed by atoms with Gasteiger partial charge in [0, 0.05) is 5.92 Å². The van der Waals surface area contributed by atoms with Crippen LogP contribution >= 0.6 is 0 Å². The van der Waals surface area contributed by atoms with Gasteiger partial charge in [-0.25, -0.2) is 4.79 Å². The summed E-state index contributed by atoms with van der Waals surface area (Å²) in [5.74, 6) is -2.61. The predicted molar refractivity (Wildman–Crippen MR) is 103 cm³/mol. The van der Waals surface area contributed by atoms with E-state index in [2.05, 4.69) is 24.3 Å². The summed E-state index contributed by atoms with van der Waals surface area (Å²) in [5.41, 5.74) is 1.66. The van der Waals surface area contributed by atoms with Crippen LogP contribution in [0.4, 0.5) is 0 Å². The number of carboxylic acid groups (broad SMARTS) is 1. The maximum absolute atomic E-state index is 12.2. The van der Waals surface area contributed by atoms with Crippen LogP contribution in [0.5, 0.6) is 0 Å². The Hall–Kier alpha value is -2.17. The molecule has 2 aromatic carbocycles. The molecule has 1 saturated heterocycles. The van der Waals surface area contributed by atoms with Crippen LogP contribution in [-0.2, 0) is 19.7 Å². The zero-order valence-corrected chi connectivity index (χ0v) is 15.5. The van der Waals surface area contributed by atoms with Crippen molar-refractivity contribution in [3.8, 4) is 0 Å². The summed E-state index contributed by atoms with van der Waals surface area (Å²) in [4.78, 5) is 12.2. The molecule has 1 saturated carbocycles. The van der Waals surface area contributed by atoms with Crippen molar-refractivity contribution in [1.29, 1.82) is 0 Å². The maximum atomic E-state index is 12.2. The quantitative estimate of drug-likeness (QED) is 0.872. The van der Waals surface area contributed by atoms with E-state index in [1.54, 1.807) is 0 Å². The fourth-order valence-electron chi connectivity index (χ4n) is 4.57. The standard InChI is InChI=1S/C23H26O4/c24-21(25)23(20-14-8-3-9-15-20)26-16-22(17-27-23,18-10-4-1-5-11-18)19-12-6-2-7-13-19/h1-2,4-7,10-13,20H,3,8-9,14-17H2,(H,24,25). The van der Waals surface area contributed by atoms with Crippen molar-refractivity contribution in [2.45, 2.75) is 43.3 Å². The van der Waals surface area contributed by atoms with Crippen LogP contribution < -0.4 is 0 Å². The molecule has 2 aliphatic rings. The van der Waals surface area contributed by atoms with Gasteiger partial charge in [-0.2, -0.15) is 0 Å². The van der Waals surface area contributed by atoms with Gasteiger partial charge in [0.1, 0.15) is 0 Å². The van der Waals surface area contributed by atoms with E-state index in [9.17, 15) is 9.90 Å². The molecule has 0 radical (unpaired) electrons. The lowest BCUT2D eigenvalue weighted by molar-refractivity contribution is -0.304. The molecule has 1 N–H and O–H groups in total. The third-order valence-electron chi connectivity index (χ3n) is 6.16. The first-order chi connectivity index (χ1) is 13.2. The number of benzene rings is 2. The third kappa shape index (κ3) is 3.17. The summed E-state index contributed by atoms with van der Waals surface area (Å²) in [6.45, 7) is 0.591. The first-order valence-electron chi connectivity index (χ1n) is 9.80. The molecule has 0 spiro atoms. The smallest absolute Gasteiger partial charge is 0.364 e. The molecule has 0 unspecified atom stereocenters. The normalized spacial score (nSPS) is 22.2. The molecule has 1 heterocycles. The largest absolute Gasteiger partial charge is 0.477 e. The average molecular weight is 366 g/mol. The van der Waals surface area contributed by atoms with Crippen LogP contribution in [0, 0.1) is 5.92 Å². The molecule has 0 atom stereocenters. The minimum atomic E-state index is -1.52. The zero-order chi connectivity index (χ0) is 18.7. The molecule has 4 rings (SSSR count). The fourth-order valence-corrected chi connectivity index (χ4v) is 4.57. The van der Waals surface area contributed by atoms with E-state index in [0.717, 1.165) is 43.2 Å². The molecule has 1 aliphatic carbocycles. The molecule has 27 heavy (non-hydrogen) atoms. The SMILES string of the molecule is O=C(O)C1(C2CCCCC2)OCC(c2ccccc2)(c2ccccc2)CO1. The molecular formula is C23H26O4. The first kappa shape index (κ1) is 18.2. The highest BCUT2D eigenvalue weighted by Crippen LogP contribution is 2.44. The maximum Gasteiger partial charge on any atom is 0.364 e. The van der Waals surface area contributed by atoms with Gasteiger partial charge in [-0.05, 0) is 24.0 Å². The molecule has 142 valence electrons. The summed E-state index contributed by atoms with van der Waals surface area (Å²) in [6, 6.07) is 20.2. The molecule has 2 fully saturated rings. The van der Waals surface area contributed by atoms with Gasteiger partial charge in [0.05, 0.1) is 18.6 Å². The van der Waals surface area contributed by atoms with Crippen LogP contribution in [0.25, 0.3) is 0 Å². The molecule has 0 amide bonds. The number of carbonyl (C=O) groups is 1. The summed E-state index contributed by atoms with van der Waals surface area (Å²) >= 11 is 0. The Morgan fingerprint density at radius 3 is 1.74 bits per heavy atom. The van der Waals surface area contributed by atoms with E-state index in [-0.39, 0.29) is 5.92 Å². The second-order valence-electron chi connectivity index (χ2n) is 7.70. The lowest BCUT2D eigenvalue weighted by Gasteiger charge is -2.48. The Labute approximate surface area is 160 Å². The van der Waals surface area contributed by atoms with E-state index in [1.165, 1.54) is 0 Å². The number of hydrogen-bond donors (Lipinski definition) is 1. The van der Waals surface area contributed by atoms with Crippen molar-refractivity contribution in [3.05, 3.63) is 71.8 Å². The summed E-state index contributed by atoms with van der Waals surface area (Å²) in [7, 11) is 0. The highest BCUT2D eigenvalue weighted by Gasteiger charge is 2.55. The van der Waals surface area contributed by atoms with E-state index in [1.807, 2.05) is 36.4 Å². The number of ether oxygens (including phenoxy) is 2. The van der Waals surface area contributed by atoms with Crippen molar-refractivity contribution >= 4 is 5.97 Å². The van der Waals surface area contributed by atoms with Crippen LogP contribution in [0.15, 0.2) is 60.7 Å². The Bertz CT molecular complexity index is 716. The molecule has 1 aliphatic heterocycles. The topological polar surface area (TPSA) is 55.8 Å². The molecule has 4 nitrogen and oxygen atoms in total. The second-order valence-corrected chi connectivity index (χ2v) is 7.70. The van der Waals surface area contributed by atoms with Gasteiger partial charge < -0.3 is 14.6 Å². The van der Waals surface area contributed by atoms with Crippen LogP contribution in [0.2, 0.25) is 0 Å². The van der Waals surface area contributed by atoms with Gasteiger partial charge >= 0.3 is 5.97 Å². The molecule has 2 aromatic rings. The van der Waals surface area contributed by atoms with Gasteiger partial charge in [-0.3, -0.25) is 0 Å². The minimum absolute atomic E-state index is 0.0895. The van der Waals surface area contributed by atoms with Crippen LogP contribution in [-0.4, -0.2) is 30.1 Å². The van der Waals surface area contributed by atoms with Gasteiger partial charge in [-0.15, -0.1) is 0 Å². The molecule has 4 heteroatoms. The summed E-state index contributed by atoms with van der Waals surface area (Å²) in [6.07, 6.45) is 4.92. The summed E-state index contributed by atoms with van der Waals surface area (Å²) in [5, 5.41) is 10.0. The van der Waals surface area contributed by atoms with Crippen molar-refractivity contribution < 1.29 is 19.4 Å². The van der Waals surface area contributed by atoms with E-state index < -0.39 is 17.2 Å². The van der Waals surface area contributed by atoms with Crippen molar-refractivity contribution in [2.75, 3.05) is 13.2 Å². The Balaban J connectivity index is 1.70. The monoisotopic (exact) mass is 366 g/mol. The van der Waals surface area contributed by atoms with Crippen LogP contribution in [0.1, 0.15) is 43.2 Å². The van der Waals surface area contributed by atoms with Gasteiger partial charge in [0.15, 0.2) is 0 Å². The van der Waals surface area contributed by atoms with Crippen molar-refractivity contribution in [1.82, 2.24) is 0 Å². The summed E-state index contributed by atoms with van der Waals surface area (Å²) < 4.78 is 12.3. The van der Waals surface area contributed by atoms with Crippen LogP contribution in [0.3, 0.4) is 0 Å². The van der Waals surface area contributed by atoms with Gasteiger partial charge in [0.25, 0.3) is 5.79 Å². The number of carboxylic acids is 1. The molecule has 0 bridgehead atoms. The molecule has 0 aromatic heterocycles. The highest BCUT2D eigenvalue weighted by molar-refractivity contribution is 5.76. The molecular weight excluding hydrogens is 340 g/mol. The number of rotatable bonds is 4. The number of hydrogen-bond acceptors (Lipinski definition) is 3. The predicted octanol–water partition coefficient (Wildman–Crippen LogP) is 4.38. The average Bonchev–Trinajstić information content (AvgIpc) is 2.75. The Kier molecular flexibility index (Phi) is 5.02. The minimum Gasteiger partial charge on any atom is -0.477 e. The van der Waals surface area contributed by atoms with E-state index in [4.69, 9.17) is 9.47 Å². The zero-order valence-electron chi connectivity index (χ0n) is 15.5. The van der Waals surface area contributed by atoms with E-state index in [0.29, 0.717) is 13.2 Å². The highest BCUT2D eigenvalue weighted by atomic mass is 16.7. The second kappa shape index (κ2) is 7.45. The lowest BCUT2D eigenvalue weighted by atomic mass is 9.74. The lowest BCUT2D eigenvalue weighted by Crippen LogP contribution is -2.60. The van der Waals surface area contributed by atoms with Gasteiger partial charge in [-0.1, -0.05) is 79.9 Å². The van der Waals surface area contributed by atoms with Crippen molar-refractivity contribution in [3.63, 3.8) is 0 Å².